The molecule has 0 N–H and O–H groups in total. The Morgan fingerprint density at radius 1 is 0.967 bits per heavy atom. The van der Waals surface area contributed by atoms with E-state index < -0.39 is 12.3 Å². The van der Waals surface area contributed by atoms with Crippen molar-refractivity contribution in [2.45, 2.75) is 26.1 Å². The maximum Gasteiger partial charge on any atom is 0.314 e. The van der Waals surface area contributed by atoms with Gasteiger partial charge in [-0.3, -0.25) is 4.90 Å². The van der Waals surface area contributed by atoms with Crippen molar-refractivity contribution in [1.82, 2.24) is 30.1 Å². The zero-order valence-corrected chi connectivity index (χ0v) is 16.2. The first-order chi connectivity index (χ1) is 14.5. The quantitative estimate of drug-likeness (QED) is 0.498. The largest absolute Gasteiger partial charge is 0.415 e. The Labute approximate surface area is 171 Å². The van der Waals surface area contributed by atoms with Crippen LogP contribution in [0.2, 0.25) is 0 Å². The summed E-state index contributed by atoms with van der Waals surface area (Å²) in [4.78, 5) is 2.28. The van der Waals surface area contributed by atoms with Crippen molar-refractivity contribution in [2.75, 3.05) is 7.05 Å². The summed E-state index contributed by atoms with van der Waals surface area (Å²) in [6.07, 6.45) is -0.861. The summed E-state index contributed by atoms with van der Waals surface area (Å²) in [5.41, 5.74) is 6.14. The SMILES string of the molecule is CN1Cc2ccc(-c3cn(Cc4ccc(-c5nnc(C(F)F)o5)cc4)nn3)cc2C1. The standard InChI is InChI=1S/C21H18F2N6O/c1-28-10-16-7-6-15(8-17(16)11-28)18-12-29(27-24-18)9-13-2-4-14(5-3-13)20-25-26-21(30-20)19(22)23/h2-8,12,19H,9-11H2,1H3. The highest BCUT2D eigenvalue weighted by Gasteiger charge is 2.18. The molecule has 0 spiro atoms. The van der Waals surface area contributed by atoms with Crippen LogP contribution < -0.4 is 0 Å². The fourth-order valence-corrected chi connectivity index (χ4v) is 3.61. The molecule has 2 aromatic heterocycles. The number of halogens is 2. The zero-order chi connectivity index (χ0) is 20.7. The molecule has 1 aliphatic rings. The Morgan fingerprint density at radius 3 is 2.50 bits per heavy atom. The summed E-state index contributed by atoms with van der Waals surface area (Å²) in [6.45, 7) is 2.46. The van der Waals surface area contributed by atoms with Crippen LogP contribution >= 0.6 is 0 Å². The predicted octanol–water partition coefficient (Wildman–Crippen LogP) is 3.93. The predicted molar refractivity (Wildman–Crippen MR) is 104 cm³/mol. The number of aromatic nitrogens is 5. The van der Waals surface area contributed by atoms with Crippen LogP contribution in [-0.4, -0.2) is 37.1 Å². The molecule has 7 nitrogen and oxygen atoms in total. The summed E-state index contributed by atoms with van der Waals surface area (Å²) < 4.78 is 31.9. The lowest BCUT2D eigenvalue weighted by molar-refractivity contribution is 0.116. The van der Waals surface area contributed by atoms with Crippen LogP contribution in [0.3, 0.4) is 0 Å². The molecule has 0 saturated carbocycles. The summed E-state index contributed by atoms with van der Waals surface area (Å²) in [7, 11) is 2.11. The van der Waals surface area contributed by atoms with Crippen molar-refractivity contribution in [2.24, 2.45) is 0 Å². The molecule has 0 radical (unpaired) electrons. The minimum atomic E-state index is -2.78. The van der Waals surface area contributed by atoms with E-state index in [-0.39, 0.29) is 5.89 Å². The second-order valence-corrected chi connectivity index (χ2v) is 7.40. The average Bonchev–Trinajstić information content (AvgIpc) is 3.47. The molecule has 0 amide bonds. The normalized spacial score (nSPS) is 13.9. The fraction of sp³-hybridized carbons (Fsp3) is 0.238. The summed E-state index contributed by atoms with van der Waals surface area (Å²) in [5, 5.41) is 15.5. The van der Waals surface area contributed by atoms with Gasteiger partial charge in [-0.25, -0.2) is 4.68 Å². The van der Waals surface area contributed by atoms with Gasteiger partial charge in [-0.1, -0.05) is 29.5 Å². The molecular formula is C21H18F2N6O. The van der Waals surface area contributed by atoms with E-state index >= 15 is 0 Å². The molecule has 30 heavy (non-hydrogen) atoms. The van der Waals surface area contributed by atoms with Crippen molar-refractivity contribution >= 4 is 0 Å². The van der Waals surface area contributed by atoms with Gasteiger partial charge in [-0.05, 0) is 41.9 Å². The molecule has 0 aliphatic carbocycles. The van der Waals surface area contributed by atoms with Crippen molar-refractivity contribution in [3.63, 3.8) is 0 Å². The molecule has 1 aliphatic heterocycles. The zero-order valence-electron chi connectivity index (χ0n) is 16.2. The Balaban J connectivity index is 1.30. The van der Waals surface area contributed by atoms with Gasteiger partial charge in [0.05, 0.1) is 12.7 Å². The molecule has 0 fully saturated rings. The van der Waals surface area contributed by atoms with Crippen molar-refractivity contribution in [1.29, 1.82) is 0 Å². The summed E-state index contributed by atoms with van der Waals surface area (Å²) in [6, 6.07) is 13.7. The molecular weight excluding hydrogens is 390 g/mol. The van der Waals surface area contributed by atoms with Gasteiger partial charge < -0.3 is 4.42 Å². The van der Waals surface area contributed by atoms with Gasteiger partial charge in [-0.15, -0.1) is 15.3 Å². The van der Waals surface area contributed by atoms with Gasteiger partial charge in [0.1, 0.15) is 5.69 Å². The van der Waals surface area contributed by atoms with Crippen LogP contribution in [0.5, 0.6) is 0 Å². The lowest BCUT2D eigenvalue weighted by Gasteiger charge is -2.03. The molecule has 9 heteroatoms. The first kappa shape index (κ1) is 18.6. The number of hydrogen-bond acceptors (Lipinski definition) is 6. The number of benzene rings is 2. The molecule has 0 atom stereocenters. The number of fused-ring (bicyclic) bond motifs is 1. The van der Waals surface area contributed by atoms with E-state index in [0.717, 1.165) is 29.9 Å². The Bertz CT molecular complexity index is 1180. The second-order valence-electron chi connectivity index (χ2n) is 7.40. The first-order valence-corrected chi connectivity index (χ1v) is 9.47. The van der Waals surface area contributed by atoms with Gasteiger partial charge in [0.2, 0.25) is 5.89 Å². The smallest absolute Gasteiger partial charge is 0.314 e. The van der Waals surface area contributed by atoms with Gasteiger partial charge in [0, 0.05) is 24.2 Å². The van der Waals surface area contributed by atoms with E-state index in [4.69, 9.17) is 4.42 Å². The highest BCUT2D eigenvalue weighted by molar-refractivity contribution is 5.60. The molecule has 3 heterocycles. The van der Waals surface area contributed by atoms with Crippen LogP contribution in [0.1, 0.15) is 29.0 Å². The van der Waals surface area contributed by atoms with Gasteiger partial charge in [0.25, 0.3) is 5.89 Å². The Hall–Kier alpha value is -3.46. The van der Waals surface area contributed by atoms with Crippen LogP contribution in [0, 0.1) is 0 Å². The molecule has 0 bridgehead atoms. The monoisotopic (exact) mass is 408 g/mol. The molecule has 5 rings (SSSR count). The Kier molecular flexibility index (Phi) is 4.59. The van der Waals surface area contributed by atoms with E-state index in [0.29, 0.717) is 12.1 Å². The number of hydrogen-bond donors (Lipinski definition) is 0. The van der Waals surface area contributed by atoms with Crippen LogP contribution in [0.15, 0.2) is 53.1 Å². The highest BCUT2D eigenvalue weighted by atomic mass is 19.3. The van der Waals surface area contributed by atoms with E-state index in [1.54, 1.807) is 16.8 Å². The third-order valence-electron chi connectivity index (χ3n) is 5.09. The lowest BCUT2D eigenvalue weighted by atomic mass is 10.0. The molecule has 2 aromatic carbocycles. The summed E-state index contributed by atoms with van der Waals surface area (Å²) in [5.74, 6) is -0.607. The van der Waals surface area contributed by atoms with Crippen LogP contribution in [0.4, 0.5) is 8.78 Å². The van der Waals surface area contributed by atoms with Crippen molar-refractivity contribution in [3.05, 3.63) is 71.2 Å². The lowest BCUT2D eigenvalue weighted by Crippen LogP contribution is -2.07. The maximum absolute atomic E-state index is 12.6. The second kappa shape index (κ2) is 7.42. The third kappa shape index (κ3) is 3.59. The third-order valence-corrected chi connectivity index (χ3v) is 5.09. The van der Waals surface area contributed by atoms with Gasteiger partial charge >= 0.3 is 6.43 Å². The van der Waals surface area contributed by atoms with Crippen LogP contribution in [-0.2, 0) is 19.6 Å². The molecule has 4 aromatic rings. The van der Waals surface area contributed by atoms with E-state index in [1.807, 2.05) is 18.3 Å². The maximum atomic E-state index is 12.6. The fourth-order valence-electron chi connectivity index (χ4n) is 3.61. The van der Waals surface area contributed by atoms with E-state index in [1.165, 1.54) is 11.1 Å². The molecule has 0 unspecified atom stereocenters. The number of rotatable bonds is 5. The minimum absolute atomic E-state index is 0.0714. The average molecular weight is 408 g/mol. The van der Waals surface area contributed by atoms with Crippen molar-refractivity contribution < 1.29 is 13.2 Å². The van der Waals surface area contributed by atoms with Gasteiger partial charge in [0.15, 0.2) is 0 Å². The minimum Gasteiger partial charge on any atom is -0.415 e. The number of nitrogens with zero attached hydrogens (tertiary/aromatic N) is 6. The van der Waals surface area contributed by atoms with Crippen molar-refractivity contribution in [3.8, 4) is 22.7 Å². The van der Waals surface area contributed by atoms with Gasteiger partial charge in [-0.2, -0.15) is 8.78 Å². The molecule has 0 saturated heterocycles. The number of alkyl halides is 2. The summed E-state index contributed by atoms with van der Waals surface area (Å²) >= 11 is 0. The topological polar surface area (TPSA) is 72.9 Å². The van der Waals surface area contributed by atoms with E-state index in [2.05, 4.69) is 50.7 Å². The highest BCUT2D eigenvalue weighted by Crippen LogP contribution is 2.27. The van der Waals surface area contributed by atoms with Crippen LogP contribution in [0.25, 0.3) is 22.7 Å². The Morgan fingerprint density at radius 2 is 1.73 bits per heavy atom. The van der Waals surface area contributed by atoms with E-state index in [9.17, 15) is 8.78 Å². The molecule has 152 valence electrons. The first-order valence-electron chi connectivity index (χ1n) is 9.47.